The number of hydrogen-bond acceptors (Lipinski definition) is 5. The number of halogens is 2. The summed E-state index contributed by atoms with van der Waals surface area (Å²) < 4.78 is 28.3. The lowest BCUT2D eigenvalue weighted by Gasteiger charge is -2.14. The van der Waals surface area contributed by atoms with E-state index in [4.69, 9.17) is 12.8 Å². The molecule has 3 aromatic carbocycles. The summed E-state index contributed by atoms with van der Waals surface area (Å²) >= 11 is 0. The van der Waals surface area contributed by atoms with Crippen LogP contribution in [-0.2, 0) is 30.2 Å². The van der Waals surface area contributed by atoms with Crippen molar-refractivity contribution in [1.29, 1.82) is 0 Å². The first kappa shape index (κ1) is 30.2. The van der Waals surface area contributed by atoms with Crippen molar-refractivity contribution in [2.75, 3.05) is 0 Å². The van der Waals surface area contributed by atoms with Crippen molar-refractivity contribution in [3.63, 3.8) is 0 Å². The lowest BCUT2D eigenvalue weighted by molar-refractivity contribution is -0.116. The molecule has 0 fully saturated rings. The van der Waals surface area contributed by atoms with Gasteiger partial charge in [0, 0.05) is 60.4 Å². The average Bonchev–Trinajstić information content (AvgIpc) is 3.23. The molecule has 0 spiro atoms. The van der Waals surface area contributed by atoms with Gasteiger partial charge < -0.3 is 15.7 Å². The summed E-state index contributed by atoms with van der Waals surface area (Å²) in [6.07, 6.45) is 8.94. The highest BCUT2D eigenvalue weighted by molar-refractivity contribution is 6.36. The number of rotatable bonds is 10. The summed E-state index contributed by atoms with van der Waals surface area (Å²) in [6.45, 7) is 4.00. The Morgan fingerprint density at radius 3 is 2.45 bits per heavy atom. The van der Waals surface area contributed by atoms with Crippen LogP contribution >= 0.6 is 0 Å². The molecule has 2 radical (unpaired) electrons. The molecule has 44 heavy (non-hydrogen) atoms. The number of allylic oxidation sites excluding steroid dienone is 3. The van der Waals surface area contributed by atoms with Crippen molar-refractivity contribution in [3.8, 4) is 5.75 Å². The normalized spacial score (nSPS) is 13.0. The van der Waals surface area contributed by atoms with E-state index in [-0.39, 0.29) is 23.4 Å². The number of benzene rings is 3. The van der Waals surface area contributed by atoms with Gasteiger partial charge in [0.15, 0.2) is 0 Å². The number of aromatic nitrogens is 1. The molecule has 0 atom stereocenters. The third-order valence-electron chi connectivity index (χ3n) is 7.13. The lowest BCUT2D eigenvalue weighted by atomic mass is 9.93. The van der Waals surface area contributed by atoms with Crippen LogP contribution in [0.15, 0.2) is 121 Å². The van der Waals surface area contributed by atoms with Gasteiger partial charge in [0.25, 0.3) is 5.92 Å². The second-order valence-electron chi connectivity index (χ2n) is 10.2. The Kier molecular flexibility index (Phi) is 9.14. The number of carbonyl (C=O) groups excluding carboxylic acids is 1. The minimum atomic E-state index is -3.20. The highest BCUT2D eigenvalue weighted by Crippen LogP contribution is 2.32. The van der Waals surface area contributed by atoms with Gasteiger partial charge in [-0.15, -0.1) is 0 Å². The molecular weight excluding hydrogens is 557 g/mol. The smallest absolute Gasteiger partial charge is 0.292 e. The van der Waals surface area contributed by atoms with Crippen LogP contribution in [0.5, 0.6) is 5.75 Å². The molecule has 218 valence electrons. The monoisotopic (exact) mass is 586 g/mol. The van der Waals surface area contributed by atoms with Crippen molar-refractivity contribution in [2.45, 2.75) is 25.4 Å². The van der Waals surface area contributed by atoms with Crippen LogP contribution in [0, 0.1) is 0 Å². The van der Waals surface area contributed by atoms with E-state index < -0.39 is 11.8 Å². The maximum Gasteiger partial charge on any atom is 0.292 e. The van der Waals surface area contributed by atoms with E-state index in [9.17, 15) is 18.7 Å². The number of phenolic OH excluding ortho intramolecular Hbond substituents is 1. The zero-order valence-electron chi connectivity index (χ0n) is 23.8. The van der Waals surface area contributed by atoms with E-state index in [1.165, 1.54) is 30.4 Å². The number of nitrogens with zero attached hydrogens (tertiary/aromatic N) is 2. The van der Waals surface area contributed by atoms with Crippen LogP contribution in [0.3, 0.4) is 0 Å². The molecule has 0 unspecified atom stereocenters. The zero-order valence-corrected chi connectivity index (χ0v) is 23.8. The number of nitrogens with one attached hydrogen (secondary N) is 2. The van der Waals surface area contributed by atoms with Gasteiger partial charge in [-0.3, -0.25) is 9.78 Å². The van der Waals surface area contributed by atoms with Crippen LogP contribution in [0.1, 0.15) is 33.4 Å². The molecule has 3 N–H and O–H groups in total. The van der Waals surface area contributed by atoms with Gasteiger partial charge >= 0.3 is 0 Å². The molecule has 1 aliphatic rings. The SMILES string of the molecule is [B]c1cncc2c1N=C(c1ccccc1O)C=C(NCc1ccc(CNC(=O)/C=C/c3ccccc3C(F)(F)C=C)cc1)C2. The van der Waals surface area contributed by atoms with Gasteiger partial charge in [-0.25, -0.2) is 4.99 Å². The van der Waals surface area contributed by atoms with Crippen molar-refractivity contribution in [3.05, 3.63) is 149 Å². The number of phenols is 1. The van der Waals surface area contributed by atoms with E-state index in [0.29, 0.717) is 41.5 Å². The average molecular weight is 586 g/mol. The number of fused-ring (bicyclic) bond motifs is 1. The number of pyridine rings is 1. The summed E-state index contributed by atoms with van der Waals surface area (Å²) in [5, 5.41) is 16.7. The highest BCUT2D eigenvalue weighted by Gasteiger charge is 2.28. The predicted molar refractivity (Wildman–Crippen MR) is 170 cm³/mol. The molecule has 0 bridgehead atoms. The maximum atomic E-state index is 14.1. The number of aromatic hydroxyl groups is 1. The number of alkyl halides is 2. The molecule has 9 heteroatoms. The van der Waals surface area contributed by atoms with Crippen LogP contribution in [0.2, 0.25) is 0 Å². The number of hydrogen-bond donors (Lipinski definition) is 3. The van der Waals surface area contributed by atoms with Crippen molar-refractivity contribution < 1.29 is 18.7 Å². The Balaban J connectivity index is 1.22. The molecule has 1 aliphatic heterocycles. The van der Waals surface area contributed by atoms with Crippen molar-refractivity contribution in [1.82, 2.24) is 15.6 Å². The highest BCUT2D eigenvalue weighted by atomic mass is 19.3. The van der Waals surface area contributed by atoms with E-state index >= 15 is 0 Å². The fraction of sp³-hybridized carbons (Fsp3) is 0.114. The van der Waals surface area contributed by atoms with Crippen LogP contribution in [0.4, 0.5) is 14.5 Å². The molecule has 1 amide bonds. The number of para-hydroxylation sites is 1. The summed E-state index contributed by atoms with van der Waals surface area (Å²) in [5.74, 6) is -3.47. The van der Waals surface area contributed by atoms with Crippen LogP contribution in [-0.4, -0.2) is 29.6 Å². The fourth-order valence-electron chi connectivity index (χ4n) is 4.76. The molecule has 0 saturated carbocycles. The topological polar surface area (TPSA) is 86.6 Å². The van der Waals surface area contributed by atoms with Gasteiger partial charge in [-0.05, 0) is 47.1 Å². The first-order valence-corrected chi connectivity index (χ1v) is 13.9. The standard InChI is InChI=1S/C35H29BF2N4O2/c1-2-35(37,38)29-9-5-3-7-25(29)15-16-33(44)41-20-24-13-11-23(12-14-24)19-40-27-17-26-21-39-22-30(36)34(26)42-31(18-27)28-8-4-6-10-32(28)43/h2-16,18,21-22,40,43H,1,17,19-20H2,(H,41,44)/b16-15+. The Labute approximate surface area is 256 Å². The molecule has 6 nitrogen and oxygen atoms in total. The second kappa shape index (κ2) is 13.3. The van der Waals surface area contributed by atoms with E-state index in [2.05, 4.69) is 22.2 Å². The maximum absolute atomic E-state index is 14.1. The number of amides is 1. The molecule has 0 aliphatic carbocycles. The van der Waals surface area contributed by atoms with Gasteiger partial charge in [0.05, 0.1) is 11.4 Å². The Hall–Kier alpha value is -5.31. The first-order valence-electron chi connectivity index (χ1n) is 13.9. The quantitative estimate of drug-likeness (QED) is 0.130. The summed E-state index contributed by atoms with van der Waals surface area (Å²) in [5.41, 5.74) is 5.94. The second-order valence-corrected chi connectivity index (χ2v) is 10.2. The Bertz CT molecular complexity index is 1780. The fourth-order valence-corrected chi connectivity index (χ4v) is 4.76. The molecule has 2 heterocycles. The van der Waals surface area contributed by atoms with Crippen molar-refractivity contribution >= 4 is 36.7 Å². The van der Waals surface area contributed by atoms with E-state index in [1.54, 1.807) is 36.7 Å². The first-order chi connectivity index (χ1) is 21.2. The van der Waals surface area contributed by atoms with Gasteiger partial charge in [-0.2, -0.15) is 8.78 Å². The lowest BCUT2D eigenvalue weighted by Crippen LogP contribution is -2.20. The number of aliphatic imine (C=N–C) groups is 1. The van der Waals surface area contributed by atoms with Gasteiger partial charge in [-0.1, -0.05) is 72.7 Å². The van der Waals surface area contributed by atoms with Gasteiger partial charge in [0.1, 0.15) is 13.6 Å². The molecule has 1 aromatic heterocycles. The largest absolute Gasteiger partial charge is 0.507 e. The minimum absolute atomic E-state index is 0.121. The molecule has 4 aromatic rings. The summed E-state index contributed by atoms with van der Waals surface area (Å²) in [7, 11) is 6.19. The zero-order chi connectivity index (χ0) is 31.1. The minimum Gasteiger partial charge on any atom is -0.507 e. The summed E-state index contributed by atoms with van der Waals surface area (Å²) in [4.78, 5) is 21.4. The van der Waals surface area contributed by atoms with Crippen LogP contribution in [0.25, 0.3) is 6.08 Å². The van der Waals surface area contributed by atoms with Gasteiger partial charge in [0.2, 0.25) is 5.91 Å². The van der Waals surface area contributed by atoms with E-state index in [0.717, 1.165) is 22.4 Å². The van der Waals surface area contributed by atoms with Crippen LogP contribution < -0.4 is 16.1 Å². The Morgan fingerprint density at radius 1 is 1.00 bits per heavy atom. The molecule has 5 rings (SSSR count). The third-order valence-corrected chi connectivity index (χ3v) is 7.13. The molecule has 0 saturated heterocycles. The van der Waals surface area contributed by atoms with E-state index in [1.807, 2.05) is 36.4 Å². The predicted octanol–water partition coefficient (Wildman–Crippen LogP) is 5.54. The summed E-state index contributed by atoms with van der Waals surface area (Å²) in [6, 6.07) is 20.8. The number of carbonyl (C=O) groups is 1. The van der Waals surface area contributed by atoms with Crippen molar-refractivity contribution in [2.24, 2.45) is 4.99 Å². The molecular formula is C35H29BF2N4O2. The Morgan fingerprint density at radius 2 is 1.70 bits per heavy atom. The third kappa shape index (κ3) is 7.18.